The number of nitrogens with one attached hydrogen (secondary N) is 2. The quantitative estimate of drug-likeness (QED) is 0.430. The van der Waals surface area contributed by atoms with Crippen LogP contribution in [0, 0.1) is 23.0 Å². The van der Waals surface area contributed by atoms with E-state index in [1.807, 2.05) is 32.9 Å². The molecule has 0 radical (unpaired) electrons. The van der Waals surface area contributed by atoms with E-state index in [0.29, 0.717) is 16.9 Å². The van der Waals surface area contributed by atoms with E-state index in [9.17, 15) is 19.7 Å². The molecule has 2 aromatic carbocycles. The maximum atomic E-state index is 12.8. The maximum absolute atomic E-state index is 12.8. The number of nitrogens with zero attached hydrogens (tertiary/aromatic N) is 1. The van der Waals surface area contributed by atoms with Gasteiger partial charge in [0.25, 0.3) is 11.6 Å². The highest BCUT2D eigenvalue weighted by Crippen LogP contribution is 2.34. The molecule has 0 saturated carbocycles. The number of benzene rings is 2. The molecule has 0 fully saturated rings. The van der Waals surface area contributed by atoms with Crippen LogP contribution in [0.25, 0.3) is 0 Å². The maximum Gasteiger partial charge on any atom is 0.276 e. The van der Waals surface area contributed by atoms with E-state index >= 15 is 0 Å². The molecule has 9 heteroatoms. The van der Waals surface area contributed by atoms with Crippen molar-refractivity contribution >= 4 is 17.5 Å². The Kier molecular flexibility index (Phi) is 8.57. The van der Waals surface area contributed by atoms with Gasteiger partial charge in [-0.3, -0.25) is 19.7 Å². The van der Waals surface area contributed by atoms with E-state index in [1.54, 1.807) is 12.1 Å². The number of amides is 2. The number of methoxy groups -OCH3 is 2. The van der Waals surface area contributed by atoms with Gasteiger partial charge in [0.2, 0.25) is 5.91 Å². The number of hydrogen-bond acceptors (Lipinski definition) is 6. The van der Waals surface area contributed by atoms with Gasteiger partial charge in [-0.25, -0.2) is 0 Å². The number of nitro benzene ring substituents is 1. The lowest BCUT2D eigenvalue weighted by molar-refractivity contribution is -0.385. The summed E-state index contributed by atoms with van der Waals surface area (Å²) in [7, 11) is 2.85. The summed E-state index contributed by atoms with van der Waals surface area (Å²) < 4.78 is 10.3. The molecule has 0 bridgehead atoms. The third-order valence-corrected chi connectivity index (χ3v) is 5.10. The van der Waals surface area contributed by atoms with E-state index in [-0.39, 0.29) is 42.1 Å². The minimum atomic E-state index is -0.748. The van der Waals surface area contributed by atoms with Crippen LogP contribution in [0.5, 0.6) is 11.5 Å². The number of nitro groups is 1. The Hall–Kier alpha value is -3.62. The summed E-state index contributed by atoms with van der Waals surface area (Å²) in [4.78, 5) is 36.3. The highest BCUT2D eigenvalue weighted by atomic mass is 16.6. The molecule has 0 heterocycles. The molecule has 2 amide bonds. The number of hydrogen-bond donors (Lipinski definition) is 2. The minimum absolute atomic E-state index is 0.120. The van der Waals surface area contributed by atoms with Gasteiger partial charge >= 0.3 is 0 Å². The van der Waals surface area contributed by atoms with Crippen LogP contribution in [0.15, 0.2) is 36.4 Å². The Morgan fingerprint density at radius 3 is 2.28 bits per heavy atom. The predicted molar refractivity (Wildman–Crippen MR) is 120 cm³/mol. The molecular formula is C23H29N3O6. The summed E-state index contributed by atoms with van der Waals surface area (Å²) >= 11 is 0. The van der Waals surface area contributed by atoms with Crippen LogP contribution in [0.2, 0.25) is 0 Å². The van der Waals surface area contributed by atoms with Crippen molar-refractivity contribution in [3.63, 3.8) is 0 Å². The van der Waals surface area contributed by atoms with Crippen LogP contribution in [0.3, 0.4) is 0 Å². The van der Waals surface area contributed by atoms with Crippen LogP contribution in [0.1, 0.15) is 35.3 Å². The van der Waals surface area contributed by atoms with E-state index in [4.69, 9.17) is 9.47 Å². The van der Waals surface area contributed by atoms with Gasteiger partial charge in [-0.2, -0.15) is 0 Å². The smallest absolute Gasteiger partial charge is 0.276 e. The lowest BCUT2D eigenvalue weighted by Crippen LogP contribution is -2.50. The Balaban J connectivity index is 2.09. The lowest BCUT2D eigenvalue weighted by Gasteiger charge is -2.22. The van der Waals surface area contributed by atoms with E-state index in [0.717, 1.165) is 5.56 Å². The molecule has 9 nitrogen and oxygen atoms in total. The number of ether oxygens (including phenoxy) is 2. The Morgan fingerprint density at radius 2 is 1.72 bits per heavy atom. The zero-order valence-corrected chi connectivity index (χ0v) is 18.9. The Labute approximate surface area is 187 Å². The summed E-state index contributed by atoms with van der Waals surface area (Å²) in [5.74, 6) is -0.216. The first-order valence-corrected chi connectivity index (χ1v) is 10.2. The molecule has 2 rings (SSSR count). The second-order valence-electron chi connectivity index (χ2n) is 7.64. The van der Waals surface area contributed by atoms with Crippen LogP contribution in [-0.4, -0.2) is 43.5 Å². The molecule has 0 spiro atoms. The van der Waals surface area contributed by atoms with Gasteiger partial charge in [-0.1, -0.05) is 32.0 Å². The van der Waals surface area contributed by atoms with Gasteiger partial charge in [-0.15, -0.1) is 0 Å². The zero-order valence-electron chi connectivity index (χ0n) is 18.9. The van der Waals surface area contributed by atoms with Crippen LogP contribution < -0.4 is 20.1 Å². The van der Waals surface area contributed by atoms with Gasteiger partial charge in [0.15, 0.2) is 11.5 Å². The van der Waals surface area contributed by atoms with Gasteiger partial charge in [0.1, 0.15) is 6.04 Å². The SMILES string of the molecule is COc1cc(CCNC(=O)[C@@H](NC(=O)c2ccccc2C)C(C)C)c([N+](=O)[O-])cc1OC. The van der Waals surface area contributed by atoms with Crippen molar-refractivity contribution in [3.05, 3.63) is 63.2 Å². The second-order valence-corrected chi connectivity index (χ2v) is 7.64. The van der Waals surface area contributed by atoms with E-state index < -0.39 is 11.0 Å². The molecule has 2 N–H and O–H groups in total. The fourth-order valence-electron chi connectivity index (χ4n) is 3.29. The molecule has 2 aromatic rings. The average Bonchev–Trinajstić information content (AvgIpc) is 2.76. The number of rotatable bonds is 10. The topological polar surface area (TPSA) is 120 Å². The molecule has 0 aliphatic carbocycles. The molecule has 0 aliphatic rings. The fourth-order valence-corrected chi connectivity index (χ4v) is 3.29. The first kappa shape index (κ1) is 24.6. The average molecular weight is 444 g/mol. The molecule has 1 atom stereocenters. The van der Waals surface area contributed by atoms with Crippen molar-refractivity contribution < 1.29 is 24.0 Å². The Morgan fingerprint density at radius 1 is 1.09 bits per heavy atom. The standard InChI is InChI=1S/C23H29N3O6/c1-14(2)21(25-22(27)17-9-7-6-8-15(17)3)23(28)24-11-10-16-12-19(31-4)20(32-5)13-18(16)26(29)30/h6-9,12-14,21H,10-11H2,1-5H3,(H,24,28)(H,25,27)/t21-/m0/s1. The van der Waals surface area contributed by atoms with E-state index in [1.165, 1.54) is 26.4 Å². The lowest BCUT2D eigenvalue weighted by atomic mass is 10.0. The summed E-state index contributed by atoms with van der Waals surface area (Å²) in [6.45, 7) is 5.65. The summed E-state index contributed by atoms with van der Waals surface area (Å²) in [6.07, 6.45) is 0.207. The molecule has 172 valence electrons. The largest absolute Gasteiger partial charge is 0.493 e. The number of aryl methyl sites for hydroxylation is 1. The van der Waals surface area contributed by atoms with Gasteiger partial charge in [0.05, 0.1) is 25.2 Å². The van der Waals surface area contributed by atoms with Crippen molar-refractivity contribution in [2.45, 2.75) is 33.2 Å². The summed E-state index contributed by atoms with van der Waals surface area (Å²) in [6, 6.07) is 9.22. The number of carbonyl (C=O) groups is 2. The van der Waals surface area contributed by atoms with Crippen molar-refractivity contribution in [3.8, 4) is 11.5 Å². The van der Waals surface area contributed by atoms with Crippen molar-refractivity contribution in [1.29, 1.82) is 0 Å². The predicted octanol–water partition coefficient (Wildman–Crippen LogP) is 3.03. The minimum Gasteiger partial charge on any atom is -0.493 e. The van der Waals surface area contributed by atoms with Crippen molar-refractivity contribution in [1.82, 2.24) is 10.6 Å². The third kappa shape index (κ3) is 5.96. The van der Waals surface area contributed by atoms with Gasteiger partial charge < -0.3 is 20.1 Å². The molecule has 0 unspecified atom stereocenters. The highest BCUT2D eigenvalue weighted by molar-refractivity contribution is 5.98. The highest BCUT2D eigenvalue weighted by Gasteiger charge is 2.25. The van der Waals surface area contributed by atoms with Gasteiger partial charge in [0, 0.05) is 17.7 Å². The molecule has 0 saturated heterocycles. The molecular weight excluding hydrogens is 414 g/mol. The van der Waals surface area contributed by atoms with Crippen LogP contribution >= 0.6 is 0 Å². The monoisotopic (exact) mass is 443 g/mol. The second kappa shape index (κ2) is 11.1. The van der Waals surface area contributed by atoms with E-state index in [2.05, 4.69) is 10.6 Å². The molecule has 32 heavy (non-hydrogen) atoms. The van der Waals surface area contributed by atoms with Crippen molar-refractivity contribution in [2.75, 3.05) is 20.8 Å². The molecule has 0 aliphatic heterocycles. The first-order chi connectivity index (χ1) is 15.2. The normalized spacial score (nSPS) is 11.6. The fraction of sp³-hybridized carbons (Fsp3) is 0.391. The number of carbonyl (C=O) groups excluding carboxylic acids is 2. The zero-order chi connectivity index (χ0) is 23.8. The van der Waals surface area contributed by atoms with Crippen molar-refractivity contribution in [2.24, 2.45) is 5.92 Å². The van der Waals surface area contributed by atoms with Crippen LogP contribution in [-0.2, 0) is 11.2 Å². The third-order valence-electron chi connectivity index (χ3n) is 5.10. The van der Waals surface area contributed by atoms with Gasteiger partial charge in [-0.05, 0) is 37.0 Å². The summed E-state index contributed by atoms with van der Waals surface area (Å²) in [5.41, 5.74) is 1.60. The summed E-state index contributed by atoms with van der Waals surface area (Å²) in [5, 5.41) is 17.0. The van der Waals surface area contributed by atoms with Crippen LogP contribution in [0.4, 0.5) is 5.69 Å². The Bertz CT molecular complexity index is 990. The first-order valence-electron chi connectivity index (χ1n) is 10.2. The molecule has 0 aromatic heterocycles.